The van der Waals surface area contributed by atoms with E-state index in [-0.39, 0.29) is 36.0 Å². The number of halogens is 1. The topological polar surface area (TPSA) is 122 Å². The average Bonchev–Trinajstić information content (AvgIpc) is 3.41. The van der Waals surface area contributed by atoms with Gasteiger partial charge in [-0.2, -0.15) is 9.97 Å². The van der Waals surface area contributed by atoms with Crippen LogP contribution in [-0.2, 0) is 11.3 Å². The number of fused-ring (bicyclic) bond motifs is 1. The van der Waals surface area contributed by atoms with Gasteiger partial charge in [0.1, 0.15) is 6.54 Å². The van der Waals surface area contributed by atoms with E-state index < -0.39 is 0 Å². The van der Waals surface area contributed by atoms with Gasteiger partial charge in [-0.1, -0.05) is 28.9 Å². The van der Waals surface area contributed by atoms with Crippen molar-refractivity contribution >= 4 is 28.6 Å². The number of rotatable bonds is 4. The summed E-state index contributed by atoms with van der Waals surface area (Å²) in [5.41, 5.74) is 6.96. The van der Waals surface area contributed by atoms with Gasteiger partial charge in [0, 0.05) is 17.1 Å². The molecule has 3 aromatic heterocycles. The Hall–Kier alpha value is -3.30. The summed E-state index contributed by atoms with van der Waals surface area (Å²) in [5, 5.41) is 5.13. The summed E-state index contributed by atoms with van der Waals surface area (Å²) in [6.07, 6.45) is 2.19. The smallest absolute Gasteiger partial charge is 0.264 e. The molecule has 4 heterocycles. The molecule has 0 amide bonds. The monoisotopic (exact) mass is 424 g/mol. The van der Waals surface area contributed by atoms with Crippen molar-refractivity contribution < 1.29 is 9.26 Å². The molecule has 1 aliphatic heterocycles. The maximum Gasteiger partial charge on any atom is 0.264 e. The molecule has 1 saturated heterocycles. The highest BCUT2D eigenvalue weighted by atomic mass is 35.5. The zero-order chi connectivity index (χ0) is 20.7. The molecule has 1 fully saturated rings. The molecule has 0 aliphatic carbocycles. The predicted molar refractivity (Wildman–Crippen MR) is 109 cm³/mol. The Bertz CT molecular complexity index is 1290. The Balaban J connectivity index is 1.36. The number of hydrogen-bond donors (Lipinski definition) is 1. The first-order valence-electron chi connectivity index (χ1n) is 9.39. The van der Waals surface area contributed by atoms with Crippen LogP contribution in [0.2, 0.25) is 5.02 Å². The fourth-order valence-electron chi connectivity index (χ4n) is 3.60. The third-order valence-electron chi connectivity index (χ3n) is 5.12. The molecule has 30 heavy (non-hydrogen) atoms. The van der Waals surface area contributed by atoms with E-state index in [2.05, 4.69) is 20.1 Å². The number of nitrogen functional groups attached to an aromatic ring is 1. The van der Waals surface area contributed by atoms with Gasteiger partial charge in [0.05, 0.1) is 18.1 Å². The third kappa shape index (κ3) is 3.42. The molecular formula is C20H17ClN6O3. The highest BCUT2D eigenvalue weighted by molar-refractivity contribution is 6.30. The van der Waals surface area contributed by atoms with Gasteiger partial charge < -0.3 is 15.0 Å². The van der Waals surface area contributed by atoms with E-state index in [0.29, 0.717) is 34.9 Å². The lowest BCUT2D eigenvalue weighted by molar-refractivity contribution is 0.110. The molecule has 4 aromatic rings. The number of hydrogen-bond acceptors (Lipinski definition) is 8. The molecule has 0 unspecified atom stereocenters. The van der Waals surface area contributed by atoms with Gasteiger partial charge in [0.2, 0.25) is 11.8 Å². The summed E-state index contributed by atoms with van der Waals surface area (Å²) in [5.74, 6) is 0.835. The average molecular weight is 425 g/mol. The molecule has 1 aliphatic rings. The van der Waals surface area contributed by atoms with Gasteiger partial charge in [-0.25, -0.2) is 4.98 Å². The van der Waals surface area contributed by atoms with Crippen LogP contribution >= 0.6 is 11.6 Å². The third-order valence-corrected chi connectivity index (χ3v) is 5.35. The van der Waals surface area contributed by atoms with Crippen molar-refractivity contribution in [3.63, 3.8) is 0 Å². The van der Waals surface area contributed by atoms with Crippen LogP contribution in [0.25, 0.3) is 11.0 Å². The second kappa shape index (κ2) is 7.51. The number of nitrogens with zero attached hydrogens (tertiary/aromatic N) is 5. The molecular weight excluding hydrogens is 408 g/mol. The highest BCUT2D eigenvalue weighted by Crippen LogP contribution is 2.37. The van der Waals surface area contributed by atoms with Gasteiger partial charge in [-0.3, -0.25) is 9.36 Å². The quantitative estimate of drug-likeness (QED) is 0.530. The first-order chi connectivity index (χ1) is 14.6. The molecule has 2 N–H and O–H groups in total. The molecule has 152 valence electrons. The van der Waals surface area contributed by atoms with Crippen LogP contribution in [0, 0.1) is 0 Å². The van der Waals surface area contributed by atoms with Crippen LogP contribution in [-0.4, -0.2) is 31.3 Å². The lowest BCUT2D eigenvalue weighted by Gasteiger charge is -2.09. The number of pyridine rings is 1. The standard InChI is InChI=1S/C20H17ClN6O3/c21-13-4-1-3-11(7-13)15-8-12(10-29-15)17-24-16(30-26-17)9-27-19(28)14-5-2-6-23-18(14)25-20(27)22/h1-7,12,15H,8-10H2,(H2,22,23,25)/t12-,15+/m0/s1. The molecule has 5 rings (SSSR count). The van der Waals surface area contributed by atoms with Crippen molar-refractivity contribution in [1.82, 2.24) is 24.7 Å². The predicted octanol–water partition coefficient (Wildman–Crippen LogP) is 2.70. The Morgan fingerprint density at radius 2 is 2.13 bits per heavy atom. The van der Waals surface area contributed by atoms with Gasteiger partial charge >= 0.3 is 0 Å². The number of nitrogens with two attached hydrogens (primary N) is 1. The number of ether oxygens (including phenoxy) is 1. The van der Waals surface area contributed by atoms with Crippen molar-refractivity contribution in [2.75, 3.05) is 12.3 Å². The zero-order valence-electron chi connectivity index (χ0n) is 15.7. The van der Waals surface area contributed by atoms with Gasteiger partial charge in [-0.05, 0) is 36.2 Å². The van der Waals surface area contributed by atoms with Crippen molar-refractivity contribution in [1.29, 1.82) is 0 Å². The van der Waals surface area contributed by atoms with Crippen LogP contribution < -0.4 is 11.3 Å². The van der Waals surface area contributed by atoms with Crippen molar-refractivity contribution in [2.24, 2.45) is 0 Å². The summed E-state index contributed by atoms with van der Waals surface area (Å²) in [4.78, 5) is 25.4. The molecule has 0 bridgehead atoms. The van der Waals surface area contributed by atoms with E-state index in [1.54, 1.807) is 18.3 Å². The fraction of sp³-hybridized carbons (Fsp3) is 0.250. The normalized spacial score (nSPS) is 18.8. The van der Waals surface area contributed by atoms with Crippen LogP contribution in [0.3, 0.4) is 0 Å². The Kier molecular flexibility index (Phi) is 4.68. The second-order valence-corrected chi connectivity index (χ2v) is 7.53. The number of anilines is 1. The van der Waals surface area contributed by atoms with Crippen LogP contribution in [0.4, 0.5) is 5.95 Å². The van der Waals surface area contributed by atoms with Crippen molar-refractivity contribution in [3.8, 4) is 0 Å². The van der Waals surface area contributed by atoms with Crippen LogP contribution in [0.15, 0.2) is 51.9 Å². The molecule has 0 saturated carbocycles. The van der Waals surface area contributed by atoms with E-state index in [1.807, 2.05) is 24.3 Å². The zero-order valence-corrected chi connectivity index (χ0v) is 16.5. The van der Waals surface area contributed by atoms with Crippen LogP contribution in [0.5, 0.6) is 0 Å². The summed E-state index contributed by atoms with van der Waals surface area (Å²) in [6.45, 7) is 0.502. The molecule has 10 heteroatoms. The molecule has 2 atom stereocenters. The SMILES string of the molecule is Nc1nc2ncccc2c(=O)n1Cc1nc([C@@H]2CO[C@@H](c3cccc(Cl)c3)C2)no1. The number of benzene rings is 1. The summed E-state index contributed by atoms with van der Waals surface area (Å²) in [7, 11) is 0. The molecule has 0 spiro atoms. The van der Waals surface area contributed by atoms with Crippen molar-refractivity contribution in [3.05, 3.63) is 75.3 Å². The maximum absolute atomic E-state index is 12.7. The van der Waals surface area contributed by atoms with Gasteiger partial charge in [0.15, 0.2) is 11.5 Å². The molecule has 1 aromatic carbocycles. The first-order valence-corrected chi connectivity index (χ1v) is 9.77. The van der Waals surface area contributed by atoms with E-state index in [9.17, 15) is 4.79 Å². The minimum absolute atomic E-state index is 0.0144. The molecule has 9 nitrogen and oxygen atoms in total. The number of aromatic nitrogens is 5. The fourth-order valence-corrected chi connectivity index (χ4v) is 3.80. The Morgan fingerprint density at radius 3 is 3.00 bits per heavy atom. The van der Waals surface area contributed by atoms with Gasteiger partial charge in [-0.15, -0.1) is 0 Å². The van der Waals surface area contributed by atoms with E-state index in [1.165, 1.54) is 4.57 Å². The second-order valence-electron chi connectivity index (χ2n) is 7.09. The summed E-state index contributed by atoms with van der Waals surface area (Å²) < 4.78 is 12.6. The van der Waals surface area contributed by atoms with Gasteiger partial charge in [0.25, 0.3) is 5.56 Å². The highest BCUT2D eigenvalue weighted by Gasteiger charge is 2.31. The van der Waals surface area contributed by atoms with Crippen LogP contribution in [0.1, 0.15) is 35.7 Å². The Labute approximate surface area is 175 Å². The summed E-state index contributed by atoms with van der Waals surface area (Å²) >= 11 is 6.08. The minimum atomic E-state index is -0.310. The maximum atomic E-state index is 12.7. The Morgan fingerprint density at radius 1 is 1.23 bits per heavy atom. The lowest BCUT2D eigenvalue weighted by atomic mass is 10.0. The van der Waals surface area contributed by atoms with Crippen molar-refractivity contribution in [2.45, 2.75) is 25.0 Å². The first kappa shape index (κ1) is 18.7. The minimum Gasteiger partial charge on any atom is -0.373 e. The summed E-state index contributed by atoms with van der Waals surface area (Å²) in [6, 6.07) is 10.9. The molecule has 0 radical (unpaired) electrons. The lowest BCUT2D eigenvalue weighted by Crippen LogP contribution is -2.25. The van der Waals surface area contributed by atoms with E-state index >= 15 is 0 Å². The van der Waals surface area contributed by atoms with E-state index in [0.717, 1.165) is 5.56 Å². The largest absolute Gasteiger partial charge is 0.373 e. The van der Waals surface area contributed by atoms with E-state index in [4.69, 9.17) is 26.6 Å².